The molecular weight excluding hydrogens is 237 g/mol. The molecule has 0 unspecified atom stereocenters. The zero-order valence-electron chi connectivity index (χ0n) is 8.85. The van der Waals surface area contributed by atoms with Crippen molar-refractivity contribution in [1.29, 1.82) is 0 Å². The number of benzene rings is 1. The first-order valence-electron chi connectivity index (χ1n) is 4.93. The van der Waals surface area contributed by atoms with Crippen molar-refractivity contribution in [1.82, 2.24) is 4.98 Å². The molecule has 3 N–H and O–H groups in total. The average Bonchev–Trinajstić information content (AvgIpc) is 2.30. The predicted molar refractivity (Wildman–Crippen MR) is 69.8 cm³/mol. The highest BCUT2D eigenvalue weighted by atomic mass is 32.1. The van der Waals surface area contributed by atoms with E-state index in [9.17, 15) is 4.39 Å². The van der Waals surface area contributed by atoms with Crippen molar-refractivity contribution in [2.24, 2.45) is 5.73 Å². The van der Waals surface area contributed by atoms with Crippen LogP contribution >= 0.6 is 12.2 Å². The van der Waals surface area contributed by atoms with Gasteiger partial charge in [-0.05, 0) is 30.3 Å². The van der Waals surface area contributed by atoms with E-state index in [0.29, 0.717) is 5.69 Å². The fourth-order valence-corrected chi connectivity index (χ4v) is 1.56. The van der Waals surface area contributed by atoms with Gasteiger partial charge < -0.3 is 11.1 Å². The number of halogens is 1. The van der Waals surface area contributed by atoms with Crippen LogP contribution in [0.2, 0.25) is 0 Å². The van der Waals surface area contributed by atoms with Crippen LogP contribution in [0, 0.1) is 5.82 Å². The first kappa shape index (κ1) is 11.5. The summed E-state index contributed by atoms with van der Waals surface area (Å²) in [5.74, 6) is -0.439. The van der Waals surface area contributed by atoms with Crippen LogP contribution in [0.3, 0.4) is 0 Å². The van der Waals surface area contributed by atoms with Crippen LogP contribution in [0.4, 0.5) is 15.8 Å². The Bertz CT molecular complexity index is 543. The summed E-state index contributed by atoms with van der Waals surface area (Å²) < 4.78 is 13.6. The van der Waals surface area contributed by atoms with Gasteiger partial charge in [0.15, 0.2) is 0 Å². The lowest BCUT2D eigenvalue weighted by Crippen LogP contribution is -2.11. The summed E-state index contributed by atoms with van der Waals surface area (Å²) in [6.45, 7) is 0. The van der Waals surface area contributed by atoms with Gasteiger partial charge in [-0.2, -0.15) is 0 Å². The van der Waals surface area contributed by atoms with E-state index >= 15 is 0 Å². The molecule has 1 aromatic carbocycles. The Balaban J connectivity index is 2.24. The lowest BCUT2D eigenvalue weighted by atomic mass is 10.2. The van der Waals surface area contributed by atoms with Crippen molar-refractivity contribution in [2.75, 3.05) is 5.32 Å². The number of pyridine rings is 1. The minimum absolute atomic E-state index is 0.0513. The predicted octanol–water partition coefficient (Wildman–Crippen LogP) is 2.60. The molecule has 2 rings (SSSR count). The van der Waals surface area contributed by atoms with Crippen molar-refractivity contribution in [3.8, 4) is 0 Å². The lowest BCUT2D eigenvalue weighted by molar-refractivity contribution is 0.626. The molecule has 0 bridgehead atoms. The normalized spacial score (nSPS) is 9.94. The Kier molecular flexibility index (Phi) is 3.30. The third-order valence-corrected chi connectivity index (χ3v) is 2.40. The second-order valence-corrected chi connectivity index (χ2v) is 3.87. The van der Waals surface area contributed by atoms with Crippen LogP contribution < -0.4 is 11.1 Å². The van der Waals surface area contributed by atoms with Gasteiger partial charge in [0, 0.05) is 17.4 Å². The molecule has 0 fully saturated rings. The summed E-state index contributed by atoms with van der Waals surface area (Å²) >= 11 is 4.73. The number of anilines is 2. The first-order chi connectivity index (χ1) is 8.16. The highest BCUT2D eigenvalue weighted by Crippen LogP contribution is 2.18. The number of thiocarbonyl (C=S) groups is 1. The van der Waals surface area contributed by atoms with E-state index in [1.807, 2.05) is 6.07 Å². The molecule has 17 heavy (non-hydrogen) atoms. The zero-order valence-corrected chi connectivity index (χ0v) is 9.67. The van der Waals surface area contributed by atoms with Gasteiger partial charge in [-0.1, -0.05) is 12.2 Å². The number of rotatable bonds is 3. The van der Waals surface area contributed by atoms with E-state index in [4.69, 9.17) is 18.0 Å². The molecular formula is C12H10FN3S. The summed E-state index contributed by atoms with van der Waals surface area (Å²) in [5.41, 5.74) is 7.03. The Morgan fingerprint density at radius 3 is 2.71 bits per heavy atom. The molecule has 3 nitrogen and oxygen atoms in total. The van der Waals surface area contributed by atoms with E-state index < -0.39 is 5.82 Å². The van der Waals surface area contributed by atoms with Gasteiger partial charge in [0.25, 0.3) is 0 Å². The van der Waals surface area contributed by atoms with Crippen molar-refractivity contribution < 1.29 is 4.39 Å². The van der Waals surface area contributed by atoms with Crippen LogP contribution in [0.15, 0.2) is 42.7 Å². The van der Waals surface area contributed by atoms with Gasteiger partial charge in [-0.15, -0.1) is 0 Å². The molecule has 0 amide bonds. The maximum Gasteiger partial charge on any atom is 0.135 e. The minimum Gasteiger partial charge on any atom is -0.389 e. The molecule has 1 heterocycles. The average molecular weight is 247 g/mol. The molecule has 0 aliphatic carbocycles. The minimum atomic E-state index is -0.439. The quantitative estimate of drug-likeness (QED) is 0.819. The Labute approximate surface area is 103 Å². The van der Waals surface area contributed by atoms with Crippen molar-refractivity contribution in [3.63, 3.8) is 0 Å². The van der Waals surface area contributed by atoms with Crippen molar-refractivity contribution in [2.45, 2.75) is 0 Å². The summed E-state index contributed by atoms with van der Waals surface area (Å²) in [7, 11) is 0. The van der Waals surface area contributed by atoms with Gasteiger partial charge in [0.2, 0.25) is 0 Å². The third kappa shape index (κ3) is 2.76. The van der Waals surface area contributed by atoms with Crippen molar-refractivity contribution in [3.05, 3.63) is 54.1 Å². The van der Waals surface area contributed by atoms with Crippen LogP contribution in [-0.4, -0.2) is 9.97 Å². The highest BCUT2D eigenvalue weighted by Gasteiger charge is 2.05. The van der Waals surface area contributed by atoms with Crippen LogP contribution in [-0.2, 0) is 0 Å². The molecule has 5 heteroatoms. The number of nitrogens with zero attached hydrogens (tertiary/aromatic N) is 1. The fourth-order valence-electron chi connectivity index (χ4n) is 1.40. The second kappa shape index (κ2) is 4.88. The molecule has 0 saturated carbocycles. The van der Waals surface area contributed by atoms with Gasteiger partial charge >= 0.3 is 0 Å². The SMILES string of the molecule is NC(=S)c1ccc(Nc2cccnc2)cc1F. The van der Waals surface area contributed by atoms with Crippen LogP contribution in [0.25, 0.3) is 0 Å². The number of hydrogen-bond acceptors (Lipinski definition) is 3. The van der Waals surface area contributed by atoms with E-state index in [2.05, 4.69) is 10.3 Å². The Morgan fingerprint density at radius 1 is 1.29 bits per heavy atom. The lowest BCUT2D eigenvalue weighted by Gasteiger charge is -2.07. The summed E-state index contributed by atoms with van der Waals surface area (Å²) in [6, 6.07) is 8.25. The van der Waals surface area contributed by atoms with Crippen molar-refractivity contribution >= 4 is 28.6 Å². The van der Waals surface area contributed by atoms with Crippen LogP contribution in [0.1, 0.15) is 5.56 Å². The molecule has 2 aromatic rings. The van der Waals surface area contributed by atoms with Gasteiger partial charge in [-0.25, -0.2) is 4.39 Å². The molecule has 0 radical (unpaired) electrons. The fraction of sp³-hybridized carbons (Fsp3) is 0. The second-order valence-electron chi connectivity index (χ2n) is 3.43. The number of nitrogens with two attached hydrogens (primary N) is 1. The summed E-state index contributed by atoms with van der Waals surface area (Å²) in [5, 5.41) is 3.02. The standard InChI is InChI=1S/C12H10FN3S/c13-11-6-8(3-4-10(11)12(14)17)16-9-2-1-5-15-7-9/h1-7,16H,(H2,14,17). The van der Waals surface area contributed by atoms with E-state index in [1.54, 1.807) is 30.6 Å². The molecule has 86 valence electrons. The molecule has 0 atom stereocenters. The number of aromatic nitrogens is 1. The zero-order chi connectivity index (χ0) is 12.3. The molecule has 1 aromatic heterocycles. The van der Waals surface area contributed by atoms with Crippen LogP contribution in [0.5, 0.6) is 0 Å². The molecule has 0 saturated heterocycles. The Hall–Kier alpha value is -2.01. The first-order valence-corrected chi connectivity index (χ1v) is 5.34. The monoisotopic (exact) mass is 247 g/mol. The number of nitrogens with one attached hydrogen (secondary N) is 1. The topological polar surface area (TPSA) is 50.9 Å². The number of hydrogen-bond donors (Lipinski definition) is 2. The molecule has 0 aliphatic rings. The highest BCUT2D eigenvalue weighted by molar-refractivity contribution is 7.80. The van der Waals surface area contributed by atoms with E-state index in [0.717, 1.165) is 5.69 Å². The molecule has 0 spiro atoms. The van der Waals surface area contributed by atoms with Gasteiger partial charge in [-0.3, -0.25) is 4.98 Å². The maximum absolute atomic E-state index is 13.6. The summed E-state index contributed by atoms with van der Waals surface area (Å²) in [6.07, 6.45) is 3.32. The maximum atomic E-state index is 13.6. The van der Waals surface area contributed by atoms with E-state index in [-0.39, 0.29) is 10.6 Å². The van der Waals surface area contributed by atoms with Gasteiger partial charge in [0.1, 0.15) is 10.8 Å². The van der Waals surface area contributed by atoms with E-state index in [1.165, 1.54) is 6.07 Å². The molecule has 0 aliphatic heterocycles. The van der Waals surface area contributed by atoms with Gasteiger partial charge in [0.05, 0.1) is 11.9 Å². The Morgan fingerprint density at radius 2 is 2.12 bits per heavy atom. The smallest absolute Gasteiger partial charge is 0.135 e. The summed E-state index contributed by atoms with van der Waals surface area (Å²) in [4.78, 5) is 4.00. The largest absolute Gasteiger partial charge is 0.389 e. The third-order valence-electron chi connectivity index (χ3n) is 2.18.